The first kappa shape index (κ1) is 22.0. The van der Waals surface area contributed by atoms with Crippen LogP contribution in [0.1, 0.15) is 28.3 Å². The molecule has 154 valence electrons. The maximum atomic E-state index is 13.0. The Balaban J connectivity index is 2.06. The zero-order valence-electron chi connectivity index (χ0n) is 16.6. The highest BCUT2D eigenvalue weighted by molar-refractivity contribution is 14.1. The predicted molar refractivity (Wildman–Crippen MR) is 122 cm³/mol. The Bertz CT molecular complexity index is 1060. The first-order chi connectivity index (χ1) is 14.4. The molecule has 0 aliphatic heterocycles. The molecule has 3 aromatic carbocycles. The lowest BCUT2D eigenvalue weighted by molar-refractivity contribution is -0.159. The molecule has 0 aliphatic carbocycles. The van der Waals surface area contributed by atoms with Gasteiger partial charge in [-0.3, -0.25) is 14.4 Å². The highest BCUT2D eigenvalue weighted by Crippen LogP contribution is 2.33. The molecule has 0 saturated heterocycles. The molecule has 30 heavy (non-hydrogen) atoms. The van der Waals surface area contributed by atoms with Crippen molar-refractivity contribution in [3.8, 4) is 0 Å². The molecule has 0 N–H and O–H groups in total. The fourth-order valence-electron chi connectivity index (χ4n) is 3.50. The predicted octanol–water partition coefficient (Wildman–Crippen LogP) is 4.76. The van der Waals surface area contributed by atoms with Gasteiger partial charge in [0, 0.05) is 21.5 Å². The van der Waals surface area contributed by atoms with E-state index in [1.54, 1.807) is 12.1 Å². The molecule has 0 saturated carbocycles. The third-order valence-corrected chi connectivity index (χ3v) is 5.80. The van der Waals surface area contributed by atoms with E-state index < -0.39 is 23.8 Å². The van der Waals surface area contributed by atoms with Crippen molar-refractivity contribution < 1.29 is 23.9 Å². The smallest absolute Gasteiger partial charge is 0.320 e. The Kier molecular flexibility index (Phi) is 7.20. The number of ether oxygens (including phenoxy) is 2. The summed E-state index contributed by atoms with van der Waals surface area (Å²) in [4.78, 5) is 38.1. The molecule has 0 radical (unpaired) electrons. The standard InChI is InChI=1S/C24H21IO5/c1-29-23(27)22(24(28)30-2)20(14-21(26)16-9-11-19(25)12-10-16)18-8-7-15-5-3-4-6-17(15)13-18/h3-13,20,22H,14H2,1-2H3. The maximum Gasteiger partial charge on any atom is 0.320 e. The lowest BCUT2D eigenvalue weighted by Crippen LogP contribution is -2.33. The quantitative estimate of drug-likeness (QED) is 0.196. The van der Waals surface area contributed by atoms with Gasteiger partial charge in [-0.05, 0) is 51.1 Å². The Morgan fingerprint density at radius 1 is 0.833 bits per heavy atom. The lowest BCUT2D eigenvalue weighted by atomic mass is 9.80. The van der Waals surface area contributed by atoms with Gasteiger partial charge < -0.3 is 9.47 Å². The minimum atomic E-state index is -1.24. The largest absolute Gasteiger partial charge is 0.468 e. The number of hydrogen-bond donors (Lipinski definition) is 0. The molecule has 0 amide bonds. The van der Waals surface area contributed by atoms with Crippen LogP contribution in [0.3, 0.4) is 0 Å². The van der Waals surface area contributed by atoms with Gasteiger partial charge in [-0.25, -0.2) is 0 Å². The van der Waals surface area contributed by atoms with Gasteiger partial charge in [0.2, 0.25) is 0 Å². The van der Waals surface area contributed by atoms with Gasteiger partial charge in [0.1, 0.15) is 0 Å². The van der Waals surface area contributed by atoms with Gasteiger partial charge >= 0.3 is 11.9 Å². The van der Waals surface area contributed by atoms with E-state index in [1.165, 1.54) is 14.2 Å². The third kappa shape index (κ3) is 4.87. The molecule has 0 fully saturated rings. The number of esters is 2. The summed E-state index contributed by atoms with van der Waals surface area (Å²) in [6.07, 6.45) is -0.0339. The summed E-state index contributed by atoms with van der Waals surface area (Å²) in [6.45, 7) is 0. The highest BCUT2D eigenvalue weighted by atomic mass is 127. The van der Waals surface area contributed by atoms with Crippen LogP contribution in [0.5, 0.6) is 0 Å². The third-order valence-electron chi connectivity index (χ3n) is 5.09. The highest BCUT2D eigenvalue weighted by Gasteiger charge is 2.39. The number of ketones is 1. The Morgan fingerprint density at radius 3 is 2.03 bits per heavy atom. The number of fused-ring (bicyclic) bond motifs is 1. The molecule has 1 unspecified atom stereocenters. The van der Waals surface area contributed by atoms with Crippen molar-refractivity contribution in [3.05, 3.63) is 81.4 Å². The zero-order valence-corrected chi connectivity index (χ0v) is 18.8. The van der Waals surface area contributed by atoms with Crippen LogP contribution >= 0.6 is 22.6 Å². The first-order valence-corrected chi connectivity index (χ1v) is 10.5. The monoisotopic (exact) mass is 516 g/mol. The van der Waals surface area contributed by atoms with Crippen molar-refractivity contribution in [2.24, 2.45) is 5.92 Å². The minimum Gasteiger partial charge on any atom is -0.468 e. The van der Waals surface area contributed by atoms with Crippen LogP contribution in [-0.2, 0) is 19.1 Å². The van der Waals surface area contributed by atoms with Crippen molar-refractivity contribution in [1.82, 2.24) is 0 Å². The normalized spacial score (nSPS) is 11.9. The molecule has 5 nitrogen and oxygen atoms in total. The van der Waals surface area contributed by atoms with Gasteiger partial charge in [-0.1, -0.05) is 54.6 Å². The fraction of sp³-hybridized carbons (Fsp3) is 0.208. The molecule has 0 heterocycles. The Labute approximate surface area is 188 Å². The minimum absolute atomic E-state index is 0.0339. The molecule has 6 heteroatoms. The number of benzene rings is 3. The van der Waals surface area contributed by atoms with Gasteiger partial charge in [0.05, 0.1) is 14.2 Å². The maximum absolute atomic E-state index is 13.0. The van der Waals surface area contributed by atoms with Gasteiger partial charge in [-0.2, -0.15) is 0 Å². The number of Topliss-reactive ketones (excluding diaryl/α,β-unsaturated/α-hetero) is 1. The van der Waals surface area contributed by atoms with E-state index in [4.69, 9.17) is 9.47 Å². The Morgan fingerprint density at radius 2 is 1.43 bits per heavy atom. The molecule has 3 rings (SSSR count). The summed E-state index contributed by atoms with van der Waals surface area (Å²) >= 11 is 2.17. The second-order valence-electron chi connectivity index (χ2n) is 6.87. The van der Waals surface area contributed by atoms with Crippen LogP contribution in [0, 0.1) is 9.49 Å². The van der Waals surface area contributed by atoms with Gasteiger partial charge in [-0.15, -0.1) is 0 Å². The average molecular weight is 516 g/mol. The average Bonchev–Trinajstić information content (AvgIpc) is 2.78. The lowest BCUT2D eigenvalue weighted by Gasteiger charge is -2.24. The van der Waals surface area contributed by atoms with E-state index in [1.807, 2.05) is 54.6 Å². The summed E-state index contributed by atoms with van der Waals surface area (Å²) in [5.74, 6) is -3.58. The summed E-state index contributed by atoms with van der Waals surface area (Å²) in [6, 6.07) is 20.6. The van der Waals surface area contributed by atoms with Crippen LogP contribution in [0.25, 0.3) is 10.8 Å². The number of hydrogen-bond acceptors (Lipinski definition) is 5. The molecule has 0 aliphatic rings. The number of halogens is 1. The van der Waals surface area contributed by atoms with Crippen LogP contribution in [0.15, 0.2) is 66.7 Å². The Hall–Kier alpha value is -2.74. The second kappa shape index (κ2) is 9.84. The number of rotatable bonds is 7. The van der Waals surface area contributed by atoms with E-state index >= 15 is 0 Å². The number of carbonyl (C=O) groups excluding carboxylic acids is 3. The van der Waals surface area contributed by atoms with Gasteiger partial charge in [0.25, 0.3) is 0 Å². The van der Waals surface area contributed by atoms with Crippen molar-refractivity contribution in [1.29, 1.82) is 0 Å². The van der Waals surface area contributed by atoms with Crippen LogP contribution in [0.2, 0.25) is 0 Å². The first-order valence-electron chi connectivity index (χ1n) is 9.37. The number of carbonyl (C=O) groups is 3. The van der Waals surface area contributed by atoms with E-state index in [-0.39, 0.29) is 12.2 Å². The summed E-state index contributed by atoms with van der Waals surface area (Å²) in [5.41, 5.74) is 1.23. The molecule has 0 aromatic heterocycles. The molecular weight excluding hydrogens is 495 g/mol. The van der Waals surface area contributed by atoms with E-state index in [9.17, 15) is 14.4 Å². The van der Waals surface area contributed by atoms with E-state index in [0.29, 0.717) is 11.1 Å². The SMILES string of the molecule is COC(=O)C(C(=O)OC)C(CC(=O)c1ccc(I)cc1)c1ccc2ccccc2c1. The van der Waals surface area contributed by atoms with Crippen molar-refractivity contribution in [2.75, 3.05) is 14.2 Å². The van der Waals surface area contributed by atoms with Crippen LogP contribution in [-0.4, -0.2) is 31.9 Å². The van der Waals surface area contributed by atoms with Crippen molar-refractivity contribution in [2.45, 2.75) is 12.3 Å². The summed E-state index contributed by atoms with van der Waals surface area (Å²) in [7, 11) is 2.44. The fourth-order valence-corrected chi connectivity index (χ4v) is 3.86. The summed E-state index contributed by atoms with van der Waals surface area (Å²) < 4.78 is 10.8. The van der Waals surface area contributed by atoms with Crippen molar-refractivity contribution >= 4 is 51.1 Å². The van der Waals surface area contributed by atoms with E-state index in [0.717, 1.165) is 14.3 Å². The molecule has 3 aromatic rings. The topological polar surface area (TPSA) is 69.7 Å². The molecular formula is C24H21IO5. The molecule has 0 bridgehead atoms. The van der Waals surface area contributed by atoms with Gasteiger partial charge in [0.15, 0.2) is 11.7 Å². The van der Waals surface area contributed by atoms with Crippen LogP contribution < -0.4 is 0 Å². The second-order valence-corrected chi connectivity index (χ2v) is 8.12. The molecule has 0 spiro atoms. The molecule has 1 atom stereocenters. The van der Waals surface area contributed by atoms with Crippen molar-refractivity contribution in [3.63, 3.8) is 0 Å². The summed E-state index contributed by atoms with van der Waals surface area (Å²) in [5, 5.41) is 1.98. The van der Waals surface area contributed by atoms with Crippen LogP contribution in [0.4, 0.5) is 0 Å². The van der Waals surface area contributed by atoms with E-state index in [2.05, 4.69) is 22.6 Å². The zero-order chi connectivity index (χ0) is 21.7. The number of methoxy groups -OCH3 is 2.